The third-order valence-corrected chi connectivity index (χ3v) is 8.12. The first-order valence-electron chi connectivity index (χ1n) is 11.7. The molecule has 4 aromatic rings. The molecule has 0 saturated heterocycles. The Hall–Kier alpha value is -4.25. The Morgan fingerprint density at radius 1 is 1.03 bits per heavy atom. The zero-order valence-corrected chi connectivity index (χ0v) is 19.8. The molecule has 2 aliphatic rings. The van der Waals surface area contributed by atoms with Gasteiger partial charge in [0, 0.05) is 11.8 Å². The molecule has 6 rings (SSSR count). The summed E-state index contributed by atoms with van der Waals surface area (Å²) in [5, 5.41) is 18.2. The first-order valence-corrected chi connectivity index (χ1v) is 11.7. The van der Waals surface area contributed by atoms with E-state index in [4.69, 9.17) is 10.7 Å². The Balaban J connectivity index is 1.51. The maximum atomic E-state index is 14.5. The molecule has 0 aliphatic heterocycles. The van der Waals surface area contributed by atoms with Crippen LogP contribution in [0.5, 0.6) is 0 Å². The van der Waals surface area contributed by atoms with Crippen LogP contribution in [0.1, 0.15) is 55.1 Å². The van der Waals surface area contributed by atoms with Crippen molar-refractivity contribution in [3.05, 3.63) is 88.9 Å². The third-order valence-electron chi connectivity index (χ3n) is 8.12. The summed E-state index contributed by atoms with van der Waals surface area (Å²) in [5.74, 6) is -1.00. The van der Waals surface area contributed by atoms with E-state index in [2.05, 4.69) is 35.1 Å². The van der Waals surface area contributed by atoms with Gasteiger partial charge < -0.3 is 5.73 Å². The third kappa shape index (κ3) is 2.86. The molecular weight excluding hydrogens is 458 g/mol. The number of nitrogens with zero attached hydrogens (tertiary/aromatic N) is 5. The van der Waals surface area contributed by atoms with Crippen LogP contribution in [-0.2, 0) is 5.41 Å². The van der Waals surface area contributed by atoms with Gasteiger partial charge in [-0.1, -0.05) is 26.0 Å². The Kier molecular flexibility index (Phi) is 4.71. The van der Waals surface area contributed by atoms with Gasteiger partial charge in [0.05, 0.1) is 39.3 Å². The molecule has 178 valence electrons. The summed E-state index contributed by atoms with van der Waals surface area (Å²) in [6.45, 7) is 4.39. The maximum Gasteiger partial charge on any atom is 0.141 e. The summed E-state index contributed by atoms with van der Waals surface area (Å²) in [6.07, 6.45) is 3.35. The molecule has 2 bridgehead atoms. The lowest BCUT2D eigenvalue weighted by molar-refractivity contribution is 0.243. The molecule has 1 fully saturated rings. The van der Waals surface area contributed by atoms with Gasteiger partial charge in [0.15, 0.2) is 0 Å². The lowest BCUT2D eigenvalue weighted by Gasteiger charge is -2.37. The molecule has 0 radical (unpaired) electrons. The number of pyridine rings is 2. The van der Waals surface area contributed by atoms with Crippen LogP contribution < -0.4 is 5.73 Å². The average Bonchev–Trinajstić information content (AvgIpc) is 3.25. The van der Waals surface area contributed by atoms with Gasteiger partial charge in [0.25, 0.3) is 0 Å². The number of benzene rings is 1. The number of aromatic nitrogens is 4. The molecule has 8 heteroatoms. The van der Waals surface area contributed by atoms with Crippen LogP contribution in [0.25, 0.3) is 22.5 Å². The van der Waals surface area contributed by atoms with Gasteiger partial charge >= 0.3 is 0 Å². The molecule has 0 spiro atoms. The van der Waals surface area contributed by atoms with Crippen molar-refractivity contribution in [1.82, 2.24) is 20.2 Å². The fourth-order valence-electron chi connectivity index (χ4n) is 6.29. The number of nitrogen functional groups attached to an aromatic ring is 1. The van der Waals surface area contributed by atoms with E-state index in [0.29, 0.717) is 16.8 Å². The number of nitriles is 1. The standard InChI is InChI=1S/C28H22F2N6/c1-27(2)18-9-10-28(27,23-8-4-7-21(34-23)16-11-15(13-31)26(32)33-14-16)25-17(18)12-22(35-36-25)24-19(29)5-3-6-20(24)30/h3-8,11-12,14,18H,9-10H2,1-2H3,(H2,32,33)/t18-,28-/m0/s1. The molecule has 3 aromatic heterocycles. The van der Waals surface area contributed by atoms with Crippen LogP contribution in [0.2, 0.25) is 0 Å². The minimum atomic E-state index is -0.662. The largest absolute Gasteiger partial charge is 0.383 e. The van der Waals surface area contributed by atoms with E-state index >= 15 is 0 Å². The van der Waals surface area contributed by atoms with Crippen LogP contribution >= 0.6 is 0 Å². The van der Waals surface area contributed by atoms with Crippen molar-refractivity contribution in [3.8, 4) is 28.6 Å². The van der Waals surface area contributed by atoms with E-state index < -0.39 is 17.0 Å². The fourth-order valence-corrected chi connectivity index (χ4v) is 6.29. The minimum Gasteiger partial charge on any atom is -0.383 e. The van der Waals surface area contributed by atoms with Crippen LogP contribution in [0.15, 0.2) is 54.7 Å². The molecule has 6 nitrogen and oxygen atoms in total. The minimum absolute atomic E-state index is 0.144. The molecule has 0 unspecified atom stereocenters. The number of rotatable bonds is 3. The molecule has 1 aromatic carbocycles. The molecule has 2 atom stereocenters. The molecule has 2 N–H and O–H groups in total. The van der Waals surface area contributed by atoms with E-state index in [1.165, 1.54) is 18.2 Å². The van der Waals surface area contributed by atoms with E-state index in [-0.39, 0.29) is 28.4 Å². The van der Waals surface area contributed by atoms with Crippen molar-refractivity contribution >= 4 is 5.82 Å². The maximum absolute atomic E-state index is 14.5. The summed E-state index contributed by atoms with van der Waals surface area (Å²) in [7, 11) is 0. The first-order chi connectivity index (χ1) is 17.3. The quantitative estimate of drug-likeness (QED) is 0.413. The lowest BCUT2D eigenvalue weighted by atomic mass is 9.66. The molecular formula is C28H22F2N6. The van der Waals surface area contributed by atoms with Crippen LogP contribution in [-0.4, -0.2) is 20.2 Å². The highest BCUT2D eigenvalue weighted by atomic mass is 19.1. The topological polar surface area (TPSA) is 101 Å². The van der Waals surface area contributed by atoms with E-state index in [9.17, 15) is 14.0 Å². The number of hydrogen-bond acceptors (Lipinski definition) is 6. The highest BCUT2D eigenvalue weighted by Crippen LogP contribution is 2.69. The number of nitrogens with two attached hydrogens (primary N) is 1. The smallest absolute Gasteiger partial charge is 0.141 e. The van der Waals surface area contributed by atoms with E-state index in [0.717, 1.165) is 29.8 Å². The van der Waals surface area contributed by atoms with Gasteiger partial charge in [-0.2, -0.15) is 10.4 Å². The van der Waals surface area contributed by atoms with Crippen molar-refractivity contribution in [2.75, 3.05) is 5.73 Å². The Morgan fingerprint density at radius 2 is 1.78 bits per heavy atom. The summed E-state index contributed by atoms with van der Waals surface area (Å²) in [5.41, 5.74) is 9.36. The SMILES string of the molecule is CC1(C)[C@H]2CC[C@]1(c1cccc(-c3cnc(N)c(C#N)c3)n1)c1nnc(-c3c(F)cccc3F)cc12. The molecule has 1 saturated carbocycles. The number of anilines is 1. The first kappa shape index (κ1) is 22.2. The summed E-state index contributed by atoms with van der Waals surface area (Å²) < 4.78 is 29.0. The van der Waals surface area contributed by atoms with Gasteiger partial charge in [-0.3, -0.25) is 4.98 Å². The summed E-state index contributed by atoms with van der Waals surface area (Å²) in [4.78, 5) is 9.17. The average molecular weight is 481 g/mol. The van der Waals surface area contributed by atoms with E-state index in [1.807, 2.05) is 18.2 Å². The molecule has 36 heavy (non-hydrogen) atoms. The fraction of sp³-hybridized carbons (Fsp3) is 0.250. The van der Waals surface area contributed by atoms with Gasteiger partial charge in [0.2, 0.25) is 0 Å². The highest BCUT2D eigenvalue weighted by molar-refractivity contribution is 5.66. The zero-order valence-electron chi connectivity index (χ0n) is 19.8. The predicted molar refractivity (Wildman–Crippen MR) is 131 cm³/mol. The van der Waals surface area contributed by atoms with Crippen LogP contribution in [0.3, 0.4) is 0 Å². The molecule has 3 heterocycles. The van der Waals surface area contributed by atoms with Crippen molar-refractivity contribution in [3.63, 3.8) is 0 Å². The van der Waals surface area contributed by atoms with Crippen molar-refractivity contribution in [2.24, 2.45) is 5.41 Å². The van der Waals surface area contributed by atoms with Crippen molar-refractivity contribution < 1.29 is 8.78 Å². The van der Waals surface area contributed by atoms with Gasteiger partial charge in [-0.25, -0.2) is 13.8 Å². The second-order valence-electron chi connectivity index (χ2n) is 10.0. The van der Waals surface area contributed by atoms with Crippen molar-refractivity contribution in [2.45, 2.75) is 38.0 Å². The van der Waals surface area contributed by atoms with Gasteiger partial charge in [-0.05, 0) is 66.1 Å². The Morgan fingerprint density at radius 3 is 2.53 bits per heavy atom. The zero-order chi connectivity index (χ0) is 25.2. The number of hydrogen-bond donors (Lipinski definition) is 1. The Labute approximate surface area is 206 Å². The van der Waals surface area contributed by atoms with Crippen LogP contribution in [0.4, 0.5) is 14.6 Å². The second kappa shape index (κ2) is 7.62. The molecule has 0 amide bonds. The summed E-state index contributed by atoms with van der Waals surface area (Å²) in [6, 6.07) is 15.1. The summed E-state index contributed by atoms with van der Waals surface area (Å²) >= 11 is 0. The Bertz CT molecular complexity index is 1570. The highest BCUT2D eigenvalue weighted by Gasteiger charge is 2.65. The van der Waals surface area contributed by atoms with Crippen molar-refractivity contribution in [1.29, 1.82) is 5.26 Å². The van der Waals surface area contributed by atoms with E-state index in [1.54, 1.807) is 18.3 Å². The van der Waals surface area contributed by atoms with Gasteiger partial charge in [0.1, 0.15) is 23.5 Å². The van der Waals surface area contributed by atoms with Crippen LogP contribution in [0, 0.1) is 28.4 Å². The number of fused-ring (bicyclic) bond motifs is 5. The number of halogens is 2. The normalized spacial score (nSPS) is 21.2. The predicted octanol–water partition coefficient (Wildman–Crippen LogP) is 5.54. The molecule has 2 aliphatic carbocycles. The monoisotopic (exact) mass is 480 g/mol. The van der Waals surface area contributed by atoms with Gasteiger partial charge in [-0.15, -0.1) is 5.10 Å². The lowest BCUT2D eigenvalue weighted by Crippen LogP contribution is -2.37. The second-order valence-corrected chi connectivity index (χ2v) is 10.0.